The Labute approximate surface area is 146 Å². The van der Waals surface area contributed by atoms with Gasteiger partial charge in [0.05, 0.1) is 6.61 Å². The molecule has 2 rings (SSSR count). The maximum Gasteiger partial charge on any atom is 0.219 e. The molecule has 0 radical (unpaired) electrons. The second kappa shape index (κ2) is 8.82. The van der Waals surface area contributed by atoms with Crippen LogP contribution in [0.25, 0.3) is 6.08 Å². The van der Waals surface area contributed by atoms with Crippen LogP contribution >= 0.6 is 0 Å². The molecule has 25 heavy (non-hydrogen) atoms. The van der Waals surface area contributed by atoms with Crippen molar-refractivity contribution in [2.75, 3.05) is 6.61 Å². The monoisotopic (exact) mass is 344 g/mol. The van der Waals surface area contributed by atoms with E-state index in [0.717, 1.165) is 5.56 Å². The first-order chi connectivity index (χ1) is 12.0. The summed E-state index contributed by atoms with van der Waals surface area (Å²) in [6.45, 7) is 5.68. The summed E-state index contributed by atoms with van der Waals surface area (Å²) in [6, 6.07) is 7.69. The number of rotatable bonds is 7. The summed E-state index contributed by atoms with van der Waals surface area (Å²) in [4.78, 5) is 15.1. The summed E-state index contributed by atoms with van der Waals surface area (Å²) < 4.78 is 24.7. The first-order valence-corrected chi connectivity index (χ1v) is 7.99. The number of benzene rings is 1. The lowest BCUT2D eigenvalue weighted by molar-refractivity contribution is -0.119. The summed E-state index contributed by atoms with van der Waals surface area (Å²) in [5.74, 6) is 0.291. The summed E-state index contributed by atoms with van der Waals surface area (Å²) in [5, 5.41) is 2.75. The van der Waals surface area contributed by atoms with Gasteiger partial charge in [0.15, 0.2) is 11.6 Å². The Bertz CT molecular complexity index is 745. The van der Waals surface area contributed by atoms with Crippen LogP contribution < -0.4 is 14.8 Å². The van der Waals surface area contributed by atoms with Crippen molar-refractivity contribution in [3.8, 4) is 17.4 Å². The molecule has 5 nitrogen and oxygen atoms in total. The SMILES string of the molecule is CCOc1ccc(F)c(Oc2ccc(C=C[C@H](C)NC(C)=O)cn2)c1. The van der Waals surface area contributed by atoms with Crippen molar-refractivity contribution >= 4 is 12.0 Å². The second-order valence-corrected chi connectivity index (χ2v) is 5.41. The summed E-state index contributed by atoms with van der Waals surface area (Å²) in [6.07, 6.45) is 5.30. The highest BCUT2D eigenvalue weighted by Crippen LogP contribution is 2.27. The molecule has 2 aromatic rings. The van der Waals surface area contributed by atoms with Gasteiger partial charge in [-0.25, -0.2) is 9.37 Å². The first kappa shape index (κ1) is 18.4. The van der Waals surface area contributed by atoms with Gasteiger partial charge in [0.1, 0.15) is 5.75 Å². The molecular weight excluding hydrogens is 323 g/mol. The van der Waals surface area contributed by atoms with E-state index in [0.29, 0.717) is 12.4 Å². The molecule has 0 bridgehead atoms. The van der Waals surface area contributed by atoms with Crippen LogP contribution in [0.2, 0.25) is 0 Å². The highest BCUT2D eigenvalue weighted by atomic mass is 19.1. The average molecular weight is 344 g/mol. The van der Waals surface area contributed by atoms with Gasteiger partial charge in [0.25, 0.3) is 0 Å². The van der Waals surface area contributed by atoms with Crippen molar-refractivity contribution in [2.45, 2.75) is 26.8 Å². The van der Waals surface area contributed by atoms with E-state index in [2.05, 4.69) is 10.3 Å². The van der Waals surface area contributed by atoms with Gasteiger partial charge in [-0.15, -0.1) is 0 Å². The molecule has 0 spiro atoms. The van der Waals surface area contributed by atoms with Gasteiger partial charge in [-0.05, 0) is 37.6 Å². The molecule has 132 valence electrons. The standard InChI is InChI=1S/C19H21FN2O3/c1-4-24-16-8-9-17(20)18(11-16)25-19-10-7-15(12-21-19)6-5-13(2)22-14(3)23/h5-13H,4H2,1-3H3,(H,22,23)/t13-/m0/s1. The van der Waals surface area contributed by atoms with Crippen LogP contribution in [0.4, 0.5) is 4.39 Å². The Morgan fingerprint density at radius 2 is 2.16 bits per heavy atom. The third-order valence-corrected chi connectivity index (χ3v) is 3.20. The van der Waals surface area contributed by atoms with E-state index in [4.69, 9.17) is 9.47 Å². The predicted octanol–water partition coefficient (Wildman–Crippen LogP) is 3.95. The van der Waals surface area contributed by atoms with Crippen LogP contribution in [-0.2, 0) is 4.79 Å². The number of carbonyl (C=O) groups excluding carboxylic acids is 1. The van der Waals surface area contributed by atoms with Crippen LogP contribution in [0.3, 0.4) is 0 Å². The third-order valence-electron chi connectivity index (χ3n) is 3.20. The molecule has 0 fully saturated rings. The fourth-order valence-corrected chi connectivity index (χ4v) is 2.11. The number of amides is 1. The minimum absolute atomic E-state index is 0.0565. The van der Waals surface area contributed by atoms with Crippen molar-refractivity contribution in [1.29, 1.82) is 0 Å². The van der Waals surface area contributed by atoms with E-state index in [1.807, 2.05) is 26.0 Å². The van der Waals surface area contributed by atoms with E-state index in [1.165, 1.54) is 19.1 Å². The summed E-state index contributed by atoms with van der Waals surface area (Å²) >= 11 is 0. The topological polar surface area (TPSA) is 60.5 Å². The molecule has 1 atom stereocenters. The van der Waals surface area contributed by atoms with Gasteiger partial charge in [-0.3, -0.25) is 4.79 Å². The van der Waals surface area contributed by atoms with Gasteiger partial charge in [0.2, 0.25) is 11.8 Å². The third kappa shape index (κ3) is 5.91. The summed E-state index contributed by atoms with van der Waals surface area (Å²) in [5.41, 5.74) is 0.841. The molecule has 0 saturated carbocycles. The van der Waals surface area contributed by atoms with Crippen LogP contribution in [0.1, 0.15) is 26.3 Å². The van der Waals surface area contributed by atoms with Crippen molar-refractivity contribution in [3.05, 3.63) is 54.0 Å². The zero-order valence-electron chi connectivity index (χ0n) is 14.5. The number of carbonyl (C=O) groups is 1. The van der Waals surface area contributed by atoms with Crippen molar-refractivity contribution in [2.24, 2.45) is 0 Å². The average Bonchev–Trinajstić information content (AvgIpc) is 2.57. The molecule has 0 aliphatic heterocycles. The van der Waals surface area contributed by atoms with Crippen LogP contribution in [-0.4, -0.2) is 23.5 Å². The zero-order chi connectivity index (χ0) is 18.2. The molecular formula is C19H21FN2O3. The minimum Gasteiger partial charge on any atom is -0.494 e. The van der Waals surface area contributed by atoms with Gasteiger partial charge >= 0.3 is 0 Å². The van der Waals surface area contributed by atoms with E-state index in [1.54, 1.807) is 24.4 Å². The number of nitrogens with one attached hydrogen (secondary N) is 1. The fraction of sp³-hybridized carbons (Fsp3) is 0.263. The van der Waals surface area contributed by atoms with Gasteiger partial charge < -0.3 is 14.8 Å². The number of hydrogen-bond donors (Lipinski definition) is 1. The fourth-order valence-electron chi connectivity index (χ4n) is 2.11. The molecule has 0 unspecified atom stereocenters. The molecule has 6 heteroatoms. The van der Waals surface area contributed by atoms with E-state index >= 15 is 0 Å². The lowest BCUT2D eigenvalue weighted by atomic mass is 10.2. The number of halogens is 1. The maximum absolute atomic E-state index is 13.8. The first-order valence-electron chi connectivity index (χ1n) is 7.99. The van der Waals surface area contributed by atoms with Crippen molar-refractivity contribution in [3.63, 3.8) is 0 Å². The van der Waals surface area contributed by atoms with E-state index < -0.39 is 5.82 Å². The van der Waals surface area contributed by atoms with Crippen molar-refractivity contribution < 1.29 is 18.7 Å². The quantitative estimate of drug-likeness (QED) is 0.826. The van der Waals surface area contributed by atoms with E-state index in [-0.39, 0.29) is 23.6 Å². The largest absolute Gasteiger partial charge is 0.494 e. The molecule has 1 heterocycles. The molecule has 1 aromatic carbocycles. The van der Waals surface area contributed by atoms with Gasteiger partial charge in [0, 0.05) is 31.3 Å². The van der Waals surface area contributed by atoms with Gasteiger partial charge in [-0.2, -0.15) is 0 Å². The molecule has 0 saturated heterocycles. The second-order valence-electron chi connectivity index (χ2n) is 5.41. The van der Waals surface area contributed by atoms with E-state index in [9.17, 15) is 9.18 Å². The van der Waals surface area contributed by atoms with Crippen LogP contribution in [0, 0.1) is 5.82 Å². The van der Waals surface area contributed by atoms with Gasteiger partial charge in [-0.1, -0.05) is 12.2 Å². The zero-order valence-corrected chi connectivity index (χ0v) is 14.5. The number of aromatic nitrogens is 1. The Morgan fingerprint density at radius 3 is 2.80 bits per heavy atom. The Hall–Kier alpha value is -2.89. The molecule has 1 aromatic heterocycles. The lowest BCUT2D eigenvalue weighted by Gasteiger charge is -2.09. The maximum atomic E-state index is 13.8. The number of hydrogen-bond acceptors (Lipinski definition) is 4. The highest BCUT2D eigenvalue weighted by molar-refractivity contribution is 5.73. The van der Waals surface area contributed by atoms with Crippen LogP contribution in [0.5, 0.6) is 17.4 Å². The molecule has 1 N–H and O–H groups in total. The number of ether oxygens (including phenoxy) is 2. The Morgan fingerprint density at radius 1 is 1.36 bits per heavy atom. The summed E-state index contributed by atoms with van der Waals surface area (Å²) in [7, 11) is 0. The number of nitrogens with zero attached hydrogens (tertiary/aromatic N) is 1. The highest BCUT2D eigenvalue weighted by Gasteiger charge is 2.08. The normalized spacial score (nSPS) is 12.0. The molecule has 0 aliphatic carbocycles. The Balaban J connectivity index is 2.04. The molecule has 0 aliphatic rings. The lowest BCUT2D eigenvalue weighted by Crippen LogP contribution is -2.28. The van der Waals surface area contributed by atoms with Crippen LogP contribution in [0.15, 0.2) is 42.6 Å². The predicted molar refractivity (Wildman–Crippen MR) is 94.2 cm³/mol. The molecule has 1 amide bonds. The Kier molecular flexibility index (Phi) is 6.51. The minimum atomic E-state index is -0.488. The van der Waals surface area contributed by atoms with Crippen molar-refractivity contribution in [1.82, 2.24) is 10.3 Å². The smallest absolute Gasteiger partial charge is 0.219 e. The number of pyridine rings is 1.